The van der Waals surface area contributed by atoms with E-state index in [2.05, 4.69) is 104 Å². The van der Waals surface area contributed by atoms with Crippen molar-refractivity contribution in [1.82, 2.24) is 0 Å². The van der Waals surface area contributed by atoms with Crippen molar-refractivity contribution in [3.8, 4) is 0 Å². The molecule has 0 aliphatic carbocycles. The van der Waals surface area contributed by atoms with Crippen LogP contribution in [-0.2, 0) is 29.3 Å². The quantitative estimate of drug-likeness (QED) is 0.0273. The number of aryl methyl sites for hydroxylation is 2. The number of rotatable bonds is 66. The molecule has 0 bridgehead atoms. The molecule has 542 valence electrons. The second-order valence-corrected chi connectivity index (χ2v) is 29.2. The molecular formula is C90H162N2Ni. The second-order valence-electron chi connectivity index (χ2n) is 29.2. The summed E-state index contributed by atoms with van der Waals surface area (Å²) in [6.07, 6.45) is 91.4. The van der Waals surface area contributed by atoms with Gasteiger partial charge in [0.1, 0.15) is 0 Å². The zero-order chi connectivity index (χ0) is 66.5. The monoisotopic (exact) mass is 1330 g/mol. The molecule has 0 atom stereocenters. The Hall–Kier alpha value is -1.99. The molecule has 1 aliphatic heterocycles. The normalized spacial score (nSPS) is 12.2. The van der Waals surface area contributed by atoms with Crippen LogP contribution in [0.5, 0.6) is 0 Å². The third-order valence-corrected chi connectivity index (χ3v) is 20.2. The van der Waals surface area contributed by atoms with Gasteiger partial charge in [0.05, 0.1) is 0 Å². The van der Waals surface area contributed by atoms with Crippen LogP contribution in [-0.4, -0.2) is 4.70 Å². The maximum Gasteiger partial charge on any atom is 2.00 e. The van der Waals surface area contributed by atoms with Gasteiger partial charge in [-0.1, -0.05) is 425 Å². The molecule has 93 heavy (non-hydrogen) atoms. The van der Waals surface area contributed by atoms with Crippen LogP contribution in [0.15, 0.2) is 59.7 Å². The van der Waals surface area contributed by atoms with E-state index in [0.29, 0.717) is 0 Å². The van der Waals surface area contributed by atoms with Crippen molar-refractivity contribution in [3.05, 3.63) is 101 Å². The first-order valence-electron chi connectivity index (χ1n) is 42.2. The topological polar surface area (TPSA) is 25.3 Å². The largest absolute Gasteiger partial charge is 2.00 e. The van der Waals surface area contributed by atoms with Crippen LogP contribution in [0, 0.1) is 13.8 Å². The molecule has 0 amide bonds. The molecular weight excluding hydrogens is 1170 g/mol. The van der Waals surface area contributed by atoms with Crippen LogP contribution >= 0.6 is 0 Å². The maximum absolute atomic E-state index is 12.0. The Labute approximate surface area is 595 Å². The van der Waals surface area contributed by atoms with Gasteiger partial charge in [-0.15, -0.1) is 0 Å². The van der Waals surface area contributed by atoms with Gasteiger partial charge in [-0.25, -0.2) is 4.70 Å². The number of allylic oxidation sites excluding steroid dienone is 2. The van der Waals surface area contributed by atoms with Gasteiger partial charge in [0, 0.05) is 22.3 Å². The number of hydrogen-bond donors (Lipinski definition) is 0. The van der Waals surface area contributed by atoms with Gasteiger partial charge < -0.3 is 19.4 Å². The molecule has 2 nitrogen and oxygen atoms in total. The smallest absolute Gasteiger partial charge is 0.493 e. The molecule has 0 aromatic heterocycles. The Morgan fingerprint density at radius 3 is 0.699 bits per heavy atom. The van der Waals surface area contributed by atoms with E-state index in [4.69, 9.17) is 0 Å². The second kappa shape index (κ2) is 72.7. The molecule has 3 heteroatoms. The van der Waals surface area contributed by atoms with Gasteiger partial charge in [-0.2, -0.15) is 12.8 Å². The van der Waals surface area contributed by atoms with Crippen molar-refractivity contribution in [3.63, 3.8) is 0 Å². The minimum Gasteiger partial charge on any atom is -0.493 e. The Morgan fingerprint density at radius 1 is 0.247 bits per heavy atom. The molecule has 3 rings (SSSR count). The van der Waals surface area contributed by atoms with E-state index in [9.17, 15) is 5.53 Å². The molecule has 0 fully saturated rings. The van der Waals surface area contributed by atoms with Crippen LogP contribution in [0.2, 0.25) is 0 Å². The van der Waals surface area contributed by atoms with Gasteiger partial charge in [0.2, 0.25) is 11.4 Å². The zero-order valence-electron chi connectivity index (χ0n) is 63.9. The van der Waals surface area contributed by atoms with E-state index in [1.54, 1.807) is 4.70 Å². The fourth-order valence-electron chi connectivity index (χ4n) is 14.0. The number of nitrogens with zero attached hydrogens (tertiary/aromatic N) is 2. The van der Waals surface area contributed by atoms with Crippen molar-refractivity contribution in [2.45, 2.75) is 465 Å². The van der Waals surface area contributed by atoms with Gasteiger partial charge >= 0.3 is 16.5 Å². The molecule has 0 unspecified atom stereocenters. The van der Waals surface area contributed by atoms with E-state index >= 15 is 0 Å². The van der Waals surface area contributed by atoms with Gasteiger partial charge in [0.15, 0.2) is 0 Å². The van der Waals surface area contributed by atoms with E-state index in [1.165, 1.54) is 400 Å². The minimum absolute atomic E-state index is 0. The molecule has 0 saturated heterocycles. The van der Waals surface area contributed by atoms with Gasteiger partial charge in [-0.3, -0.25) is 0 Å². The number of unbranched alkanes of at least 4 members (excludes halogenated alkanes) is 56. The van der Waals surface area contributed by atoms with Crippen LogP contribution in [0.1, 0.15) is 475 Å². The van der Waals surface area contributed by atoms with Crippen LogP contribution < -0.4 is 0 Å². The first-order valence-corrected chi connectivity index (χ1v) is 42.2. The van der Waals surface area contributed by atoms with Crippen molar-refractivity contribution in [1.29, 1.82) is 0 Å². The molecule has 2 aromatic carbocycles. The van der Waals surface area contributed by atoms with Crippen LogP contribution in [0.3, 0.4) is 0 Å². The summed E-state index contributed by atoms with van der Waals surface area (Å²) in [6, 6.07) is 18.0. The number of hydrogen-bond acceptors (Lipinski definition) is 0. The van der Waals surface area contributed by atoms with Crippen molar-refractivity contribution < 1.29 is 21.2 Å². The van der Waals surface area contributed by atoms with Crippen LogP contribution in [0.4, 0.5) is 0 Å². The number of benzene rings is 2. The Kier molecular flexibility index (Phi) is 71.2. The molecule has 1 heterocycles. The summed E-state index contributed by atoms with van der Waals surface area (Å²) in [5.74, 6) is 0. The average molecular weight is 1330 g/mol. The Morgan fingerprint density at radius 2 is 0.441 bits per heavy atom. The SMILES string of the molecule is CCCCCCCCC1=C(c2cccc(CCCCCC)c2)[N+](=[N-])C(c2cccc(CCCC)c2)=C1CCCC.[CH2-]CCCCCCCCCCCCCCCCCCCCCCCCC.[CH2-]CCCCCCCCCCCCCCCCCCCCCCCCC.[Ni+2]. The Bertz CT molecular complexity index is 1830. The van der Waals surface area contributed by atoms with Gasteiger partial charge in [0.25, 0.3) is 0 Å². The van der Waals surface area contributed by atoms with E-state index in [-0.39, 0.29) is 16.5 Å². The summed E-state index contributed by atoms with van der Waals surface area (Å²) in [4.78, 5) is 0. The third kappa shape index (κ3) is 53.6. The van der Waals surface area contributed by atoms with E-state index in [0.717, 1.165) is 68.3 Å². The summed E-state index contributed by atoms with van der Waals surface area (Å²) in [5.41, 5.74) is 21.9. The predicted molar refractivity (Wildman–Crippen MR) is 418 cm³/mol. The summed E-state index contributed by atoms with van der Waals surface area (Å²) in [7, 11) is 0. The van der Waals surface area contributed by atoms with Crippen molar-refractivity contribution >= 4 is 11.4 Å². The standard InChI is InChI=1S/C38H56N2.2C26H53.Ni/c1-5-9-13-15-16-18-28-36-35(27-12-8-4)37(33-25-19-23-31(29-33)21-11-7-3)40(39)38(36)34-26-20-24-32(30-34)22-17-14-10-6-2;2*1-3-5-7-9-11-13-15-17-19-21-23-25-26-24-22-20-18-16-14-12-10-8-6-4-2;/h19-20,23-26,29-30H,5-18,21-22,27-28H2,1-4H3;2*1,3-26H2,2H3;/q;2*-1;+2. The molecule has 0 N–H and O–H groups in total. The molecule has 0 radical (unpaired) electrons. The molecule has 0 spiro atoms. The summed E-state index contributed by atoms with van der Waals surface area (Å²) < 4.78 is 1.58. The summed E-state index contributed by atoms with van der Waals surface area (Å²) in [5, 5.41) is 0. The first-order chi connectivity index (χ1) is 45.5. The van der Waals surface area contributed by atoms with Crippen molar-refractivity contribution in [2.24, 2.45) is 0 Å². The fraction of sp³-hybridized carbons (Fsp3) is 0.800. The van der Waals surface area contributed by atoms with Gasteiger partial charge in [-0.05, 0) is 86.8 Å². The molecule has 1 aliphatic rings. The zero-order valence-corrected chi connectivity index (χ0v) is 64.9. The maximum atomic E-state index is 12.0. The fourth-order valence-corrected chi connectivity index (χ4v) is 14.0. The van der Waals surface area contributed by atoms with Crippen molar-refractivity contribution in [2.75, 3.05) is 0 Å². The van der Waals surface area contributed by atoms with E-state index < -0.39 is 0 Å². The predicted octanol–water partition coefficient (Wildman–Crippen LogP) is 32.7. The van der Waals surface area contributed by atoms with Crippen LogP contribution in [0.25, 0.3) is 16.9 Å². The minimum atomic E-state index is 0. The van der Waals surface area contributed by atoms with E-state index in [1.807, 2.05) is 0 Å². The average Bonchev–Trinajstić information content (AvgIpc) is 1.62. The third-order valence-electron chi connectivity index (χ3n) is 20.2. The molecule has 0 saturated carbocycles. The first kappa shape index (κ1) is 91.0. The summed E-state index contributed by atoms with van der Waals surface area (Å²) in [6.45, 7) is 21.5. The molecule has 2 aromatic rings. The summed E-state index contributed by atoms with van der Waals surface area (Å²) >= 11 is 0. The Balaban J connectivity index is 0.00000142.